The first-order valence-corrected chi connectivity index (χ1v) is 5.66. The number of furan rings is 1. The van der Waals surface area contributed by atoms with E-state index in [1.807, 2.05) is 18.2 Å². The molecule has 0 spiro atoms. The number of para-hydroxylation sites is 1. The molecule has 0 saturated carbocycles. The molecule has 0 aliphatic rings. The molecule has 0 N–H and O–H groups in total. The lowest BCUT2D eigenvalue weighted by molar-refractivity contribution is 0.615. The highest BCUT2D eigenvalue weighted by molar-refractivity contribution is 6.04. The van der Waals surface area contributed by atoms with Crippen LogP contribution in [0.15, 0.2) is 62.4 Å². The number of fused-ring (bicyclic) bond motifs is 4. The zero-order valence-electron chi connectivity index (χ0n) is 9.34. The molecule has 0 unspecified atom stereocenters. The van der Waals surface area contributed by atoms with Gasteiger partial charge in [-0.15, -0.1) is 0 Å². The van der Waals surface area contributed by atoms with Gasteiger partial charge < -0.3 is 8.83 Å². The summed E-state index contributed by atoms with van der Waals surface area (Å²) in [5, 5.41) is 2.02. The predicted molar refractivity (Wildman–Crippen MR) is 69.8 cm³/mol. The molecule has 2 heterocycles. The zero-order valence-corrected chi connectivity index (χ0v) is 9.34. The van der Waals surface area contributed by atoms with Crippen LogP contribution < -0.4 is 5.43 Å². The highest BCUT2D eigenvalue weighted by Crippen LogP contribution is 2.27. The molecular formula is C15H8O3. The number of benzene rings is 2. The van der Waals surface area contributed by atoms with Gasteiger partial charge in [0.2, 0.25) is 5.43 Å². The van der Waals surface area contributed by atoms with E-state index in [0.717, 1.165) is 11.0 Å². The lowest BCUT2D eigenvalue weighted by atomic mass is 10.1. The Labute approximate surface area is 101 Å². The van der Waals surface area contributed by atoms with Crippen LogP contribution in [-0.2, 0) is 0 Å². The van der Waals surface area contributed by atoms with E-state index in [1.165, 1.54) is 0 Å². The molecule has 0 amide bonds. The van der Waals surface area contributed by atoms with E-state index in [1.54, 1.807) is 30.5 Å². The van der Waals surface area contributed by atoms with Gasteiger partial charge in [0.1, 0.15) is 16.7 Å². The smallest absolute Gasteiger partial charge is 0.200 e. The van der Waals surface area contributed by atoms with Crippen molar-refractivity contribution >= 4 is 32.9 Å². The largest absolute Gasteiger partial charge is 0.464 e. The Bertz CT molecular complexity index is 944. The van der Waals surface area contributed by atoms with Gasteiger partial charge in [-0.3, -0.25) is 4.79 Å². The van der Waals surface area contributed by atoms with Crippen LogP contribution in [0.25, 0.3) is 32.9 Å². The van der Waals surface area contributed by atoms with E-state index >= 15 is 0 Å². The summed E-state index contributed by atoms with van der Waals surface area (Å²) >= 11 is 0. The van der Waals surface area contributed by atoms with E-state index in [-0.39, 0.29) is 5.43 Å². The van der Waals surface area contributed by atoms with Crippen LogP contribution in [0.2, 0.25) is 0 Å². The van der Waals surface area contributed by atoms with Gasteiger partial charge in [0.15, 0.2) is 0 Å². The average molecular weight is 236 g/mol. The van der Waals surface area contributed by atoms with Crippen molar-refractivity contribution in [1.82, 2.24) is 0 Å². The van der Waals surface area contributed by atoms with Crippen LogP contribution in [0.4, 0.5) is 0 Å². The van der Waals surface area contributed by atoms with Gasteiger partial charge in [0, 0.05) is 0 Å². The van der Waals surface area contributed by atoms with Gasteiger partial charge in [-0.1, -0.05) is 12.1 Å². The van der Waals surface area contributed by atoms with Crippen molar-refractivity contribution in [3.05, 3.63) is 59.0 Å². The van der Waals surface area contributed by atoms with Crippen LogP contribution in [0.1, 0.15) is 0 Å². The standard InChI is InChI=1S/C15H8O3/c16-14-9-3-1-2-4-13(9)18-15-10-7-8-17-12(10)6-5-11(14)15/h1-8H. The second-order valence-corrected chi connectivity index (χ2v) is 4.20. The zero-order chi connectivity index (χ0) is 12.1. The topological polar surface area (TPSA) is 43.4 Å². The summed E-state index contributed by atoms with van der Waals surface area (Å²) in [6, 6.07) is 12.6. The Balaban J connectivity index is 2.38. The second kappa shape index (κ2) is 3.23. The van der Waals surface area contributed by atoms with E-state index < -0.39 is 0 Å². The Morgan fingerprint density at radius 2 is 1.67 bits per heavy atom. The summed E-state index contributed by atoms with van der Waals surface area (Å²) in [5.41, 5.74) is 1.91. The van der Waals surface area contributed by atoms with Gasteiger partial charge >= 0.3 is 0 Å². The Kier molecular flexibility index (Phi) is 1.70. The summed E-state index contributed by atoms with van der Waals surface area (Å²) < 4.78 is 11.2. The van der Waals surface area contributed by atoms with E-state index in [9.17, 15) is 4.79 Å². The van der Waals surface area contributed by atoms with Gasteiger partial charge in [-0.25, -0.2) is 0 Å². The first kappa shape index (κ1) is 9.48. The van der Waals surface area contributed by atoms with Gasteiger partial charge in [0.25, 0.3) is 0 Å². The number of hydrogen-bond donors (Lipinski definition) is 0. The van der Waals surface area contributed by atoms with Gasteiger partial charge in [-0.2, -0.15) is 0 Å². The molecule has 3 heteroatoms. The molecule has 0 atom stereocenters. The van der Waals surface area contributed by atoms with Crippen molar-refractivity contribution in [2.75, 3.05) is 0 Å². The molecule has 0 aliphatic heterocycles. The Hall–Kier alpha value is -2.55. The fourth-order valence-electron chi connectivity index (χ4n) is 2.30. The third-order valence-electron chi connectivity index (χ3n) is 3.17. The van der Waals surface area contributed by atoms with Crippen LogP contribution in [0, 0.1) is 0 Å². The SMILES string of the molecule is O=c1c2ccccc2oc2c1ccc1occc12. The van der Waals surface area contributed by atoms with Gasteiger partial charge in [-0.05, 0) is 30.3 Å². The normalized spacial score (nSPS) is 11.6. The molecule has 0 fully saturated rings. The van der Waals surface area contributed by atoms with Gasteiger partial charge in [0.05, 0.1) is 22.4 Å². The van der Waals surface area contributed by atoms with E-state index in [2.05, 4.69) is 0 Å². The van der Waals surface area contributed by atoms with Crippen molar-refractivity contribution in [2.45, 2.75) is 0 Å². The van der Waals surface area contributed by atoms with Crippen LogP contribution in [-0.4, -0.2) is 0 Å². The molecule has 18 heavy (non-hydrogen) atoms. The lowest BCUT2D eigenvalue weighted by Crippen LogP contribution is -2.01. The third-order valence-corrected chi connectivity index (χ3v) is 3.17. The van der Waals surface area contributed by atoms with E-state index in [0.29, 0.717) is 21.9 Å². The first-order chi connectivity index (χ1) is 8.84. The fraction of sp³-hybridized carbons (Fsp3) is 0. The molecule has 4 aromatic rings. The first-order valence-electron chi connectivity index (χ1n) is 5.66. The van der Waals surface area contributed by atoms with Crippen LogP contribution in [0.3, 0.4) is 0 Å². The van der Waals surface area contributed by atoms with E-state index in [4.69, 9.17) is 8.83 Å². The number of hydrogen-bond acceptors (Lipinski definition) is 3. The second-order valence-electron chi connectivity index (χ2n) is 4.20. The van der Waals surface area contributed by atoms with Crippen molar-refractivity contribution in [2.24, 2.45) is 0 Å². The summed E-state index contributed by atoms with van der Waals surface area (Å²) in [6.45, 7) is 0. The predicted octanol–water partition coefficient (Wildman–Crippen LogP) is 3.69. The molecule has 2 aromatic heterocycles. The summed E-state index contributed by atoms with van der Waals surface area (Å²) in [7, 11) is 0. The molecule has 2 aromatic carbocycles. The lowest BCUT2D eigenvalue weighted by Gasteiger charge is -2.01. The Morgan fingerprint density at radius 3 is 2.61 bits per heavy atom. The summed E-state index contributed by atoms with van der Waals surface area (Å²) in [6.07, 6.45) is 1.60. The third kappa shape index (κ3) is 1.10. The molecule has 4 rings (SSSR count). The molecule has 0 bridgehead atoms. The van der Waals surface area contributed by atoms with Crippen LogP contribution in [0.5, 0.6) is 0 Å². The fourth-order valence-corrected chi connectivity index (χ4v) is 2.30. The maximum atomic E-state index is 12.4. The van der Waals surface area contributed by atoms with Crippen LogP contribution >= 0.6 is 0 Å². The minimum atomic E-state index is -0.00468. The average Bonchev–Trinajstić information content (AvgIpc) is 2.88. The van der Waals surface area contributed by atoms with Crippen molar-refractivity contribution in [3.8, 4) is 0 Å². The monoisotopic (exact) mass is 236 g/mol. The minimum Gasteiger partial charge on any atom is -0.464 e. The number of rotatable bonds is 0. The molecule has 0 aliphatic carbocycles. The minimum absolute atomic E-state index is 0.00468. The quantitative estimate of drug-likeness (QED) is 0.437. The highest BCUT2D eigenvalue weighted by Gasteiger charge is 2.11. The molecular weight excluding hydrogens is 228 g/mol. The van der Waals surface area contributed by atoms with Crippen molar-refractivity contribution < 1.29 is 8.83 Å². The Morgan fingerprint density at radius 1 is 0.778 bits per heavy atom. The highest BCUT2D eigenvalue weighted by atomic mass is 16.3. The van der Waals surface area contributed by atoms with Crippen molar-refractivity contribution in [3.63, 3.8) is 0 Å². The molecule has 0 saturated heterocycles. The summed E-state index contributed by atoms with van der Waals surface area (Å²) in [5.74, 6) is 0. The summed E-state index contributed by atoms with van der Waals surface area (Å²) in [4.78, 5) is 12.4. The molecule has 0 radical (unpaired) electrons. The maximum absolute atomic E-state index is 12.4. The maximum Gasteiger partial charge on any atom is 0.200 e. The molecule has 86 valence electrons. The molecule has 3 nitrogen and oxygen atoms in total. The van der Waals surface area contributed by atoms with Crippen molar-refractivity contribution in [1.29, 1.82) is 0 Å².